The van der Waals surface area contributed by atoms with Crippen molar-refractivity contribution in [3.8, 4) is 11.5 Å². The summed E-state index contributed by atoms with van der Waals surface area (Å²) >= 11 is 0. The van der Waals surface area contributed by atoms with E-state index in [1.54, 1.807) is 0 Å². The molecule has 0 unspecified atom stereocenters. The second-order valence-electron chi connectivity index (χ2n) is 5.85. The van der Waals surface area contributed by atoms with Crippen molar-refractivity contribution in [1.82, 2.24) is 0 Å². The molecule has 0 aromatic carbocycles. The van der Waals surface area contributed by atoms with E-state index in [-0.39, 0.29) is 0 Å². The maximum absolute atomic E-state index is 3.52. The highest BCUT2D eigenvalue weighted by Crippen LogP contribution is 2.24. The van der Waals surface area contributed by atoms with Crippen LogP contribution in [0, 0.1) is 11.5 Å². The Bertz CT molecular complexity index is 207. The van der Waals surface area contributed by atoms with Crippen LogP contribution in [0.15, 0.2) is 0 Å². The third kappa shape index (κ3) is 6.12. The van der Waals surface area contributed by atoms with E-state index >= 15 is 0 Å². The van der Waals surface area contributed by atoms with Gasteiger partial charge in [0.25, 0.3) is 0 Å². The molecule has 0 fully saturated rings. The summed E-state index contributed by atoms with van der Waals surface area (Å²) in [5.41, 5.74) is 4.20. The van der Waals surface area contributed by atoms with Gasteiger partial charge in [0.05, 0.1) is 8.07 Å². The largest absolute Gasteiger partial charge is 0.132 e. The van der Waals surface area contributed by atoms with Crippen LogP contribution in [-0.4, -0.2) is 16.1 Å². The molecular weight excluding hydrogens is 188 g/mol. The third-order valence-corrected chi connectivity index (χ3v) is 5.61. The van der Waals surface area contributed by atoms with E-state index in [1.807, 2.05) is 0 Å². The molecule has 13 heavy (non-hydrogen) atoms. The molecular formula is C11H24Si2. The van der Waals surface area contributed by atoms with Crippen molar-refractivity contribution in [3.05, 3.63) is 0 Å². The van der Waals surface area contributed by atoms with Crippen LogP contribution in [0.25, 0.3) is 0 Å². The quantitative estimate of drug-likeness (QED) is 0.480. The van der Waals surface area contributed by atoms with Crippen molar-refractivity contribution in [3.63, 3.8) is 0 Å². The number of rotatable bonds is 2. The Labute approximate surface area is 86.1 Å². The van der Waals surface area contributed by atoms with Gasteiger partial charge in [-0.1, -0.05) is 46.2 Å². The first kappa shape index (κ1) is 13.0. The first-order chi connectivity index (χ1) is 5.67. The van der Waals surface area contributed by atoms with Crippen molar-refractivity contribution in [1.29, 1.82) is 0 Å². The molecule has 0 saturated heterocycles. The minimum absolute atomic E-state index is 0.694. The minimum Gasteiger partial charge on any atom is -0.132 e. The molecule has 0 nitrogen and oxygen atoms in total. The predicted octanol–water partition coefficient (Wildman–Crippen LogP) is 3.99. The monoisotopic (exact) mass is 212 g/mol. The fourth-order valence-corrected chi connectivity index (χ4v) is 3.72. The summed E-state index contributed by atoms with van der Waals surface area (Å²) in [5, 5.41) is 0. The molecule has 0 radical (unpaired) electrons. The summed E-state index contributed by atoms with van der Waals surface area (Å²) in [7, 11) is -2.19. The average molecular weight is 212 g/mol. The Morgan fingerprint density at radius 3 is 1.69 bits per heavy atom. The SMILES string of the molecule is CC[C@H](C#C[Si](C)(C)C)[Si](C)(C)C. The first-order valence-electron chi connectivity index (χ1n) is 5.19. The van der Waals surface area contributed by atoms with Gasteiger partial charge >= 0.3 is 0 Å². The lowest BCUT2D eigenvalue weighted by Crippen LogP contribution is -2.27. The number of hydrogen-bond donors (Lipinski definition) is 0. The zero-order valence-corrected chi connectivity index (χ0v) is 12.3. The van der Waals surface area contributed by atoms with E-state index in [9.17, 15) is 0 Å². The van der Waals surface area contributed by atoms with E-state index in [0.29, 0.717) is 5.54 Å². The second-order valence-corrected chi connectivity index (χ2v) is 16.0. The van der Waals surface area contributed by atoms with Crippen LogP contribution >= 0.6 is 0 Å². The van der Waals surface area contributed by atoms with Gasteiger partial charge in [-0.15, -0.1) is 11.5 Å². The van der Waals surface area contributed by atoms with Gasteiger partial charge in [0.2, 0.25) is 0 Å². The van der Waals surface area contributed by atoms with E-state index < -0.39 is 16.1 Å². The van der Waals surface area contributed by atoms with Crippen molar-refractivity contribution in [2.24, 2.45) is 0 Å². The lowest BCUT2D eigenvalue weighted by molar-refractivity contribution is 0.939. The first-order valence-corrected chi connectivity index (χ1v) is 12.3. The van der Waals surface area contributed by atoms with Gasteiger partial charge in [0.1, 0.15) is 8.07 Å². The maximum atomic E-state index is 3.52. The highest BCUT2D eigenvalue weighted by Gasteiger charge is 2.23. The molecule has 0 N–H and O–H groups in total. The highest BCUT2D eigenvalue weighted by molar-refractivity contribution is 6.84. The van der Waals surface area contributed by atoms with Crippen molar-refractivity contribution in [2.45, 2.75) is 58.2 Å². The minimum atomic E-state index is -1.15. The van der Waals surface area contributed by atoms with Crippen molar-refractivity contribution >= 4 is 16.1 Å². The third-order valence-electron chi connectivity index (χ3n) is 2.08. The summed E-state index contributed by atoms with van der Waals surface area (Å²) in [6.45, 7) is 16.5. The average Bonchev–Trinajstić information content (AvgIpc) is 1.82. The second kappa shape index (κ2) is 4.48. The fraction of sp³-hybridized carbons (Fsp3) is 0.818. The Morgan fingerprint density at radius 1 is 1.00 bits per heavy atom. The molecule has 0 aromatic heterocycles. The zero-order chi connectivity index (χ0) is 10.7. The molecule has 0 spiro atoms. The molecule has 0 bridgehead atoms. The molecule has 0 aliphatic rings. The van der Waals surface area contributed by atoms with Gasteiger partial charge < -0.3 is 0 Å². The highest BCUT2D eigenvalue weighted by atomic mass is 28.3. The van der Waals surface area contributed by atoms with E-state index in [4.69, 9.17) is 0 Å². The van der Waals surface area contributed by atoms with E-state index in [0.717, 1.165) is 0 Å². The fourth-order valence-electron chi connectivity index (χ4n) is 1.23. The summed E-state index contributed by atoms with van der Waals surface area (Å²) in [5.74, 6) is 3.52. The van der Waals surface area contributed by atoms with Crippen molar-refractivity contribution in [2.75, 3.05) is 0 Å². The molecule has 76 valence electrons. The van der Waals surface area contributed by atoms with Gasteiger partial charge in [0, 0.05) is 5.54 Å². The summed E-state index contributed by atoms with van der Waals surface area (Å²) in [6, 6.07) is 0. The van der Waals surface area contributed by atoms with Crippen LogP contribution in [0.3, 0.4) is 0 Å². The van der Waals surface area contributed by atoms with Crippen LogP contribution < -0.4 is 0 Å². The molecule has 0 saturated carbocycles. The van der Waals surface area contributed by atoms with Crippen LogP contribution in [-0.2, 0) is 0 Å². The lowest BCUT2D eigenvalue weighted by Gasteiger charge is -2.23. The lowest BCUT2D eigenvalue weighted by atomic mass is 10.3. The maximum Gasteiger partial charge on any atom is 0.129 e. The summed E-state index contributed by atoms with van der Waals surface area (Å²) < 4.78 is 0. The van der Waals surface area contributed by atoms with E-state index in [1.165, 1.54) is 6.42 Å². The van der Waals surface area contributed by atoms with Gasteiger partial charge in [-0.2, -0.15) is 0 Å². The van der Waals surface area contributed by atoms with E-state index in [2.05, 4.69) is 57.7 Å². The summed E-state index contributed by atoms with van der Waals surface area (Å²) in [4.78, 5) is 0. The Morgan fingerprint density at radius 2 is 1.46 bits per heavy atom. The van der Waals surface area contributed by atoms with Gasteiger partial charge in [-0.05, 0) is 6.42 Å². The molecule has 0 amide bonds. The Balaban J connectivity index is 4.53. The standard InChI is InChI=1S/C11H24Si2/c1-8-11(13(5,6)7)9-10-12(2,3)4/h11H,8H2,1-7H3/t11-/m1/s1. The molecule has 0 aliphatic carbocycles. The van der Waals surface area contributed by atoms with Crippen LogP contribution in [0.1, 0.15) is 13.3 Å². The van der Waals surface area contributed by atoms with Crippen LogP contribution in [0.4, 0.5) is 0 Å². The van der Waals surface area contributed by atoms with Gasteiger partial charge in [-0.3, -0.25) is 0 Å². The van der Waals surface area contributed by atoms with Gasteiger partial charge in [-0.25, -0.2) is 0 Å². The zero-order valence-electron chi connectivity index (χ0n) is 10.3. The van der Waals surface area contributed by atoms with Crippen LogP contribution in [0.2, 0.25) is 44.8 Å². The van der Waals surface area contributed by atoms with Gasteiger partial charge in [0.15, 0.2) is 0 Å². The molecule has 1 atom stereocenters. The summed E-state index contributed by atoms with van der Waals surface area (Å²) in [6.07, 6.45) is 1.23. The topological polar surface area (TPSA) is 0 Å². The van der Waals surface area contributed by atoms with Crippen LogP contribution in [0.5, 0.6) is 0 Å². The molecule has 0 heterocycles. The molecule has 0 aromatic rings. The van der Waals surface area contributed by atoms with Crippen molar-refractivity contribution < 1.29 is 0 Å². The Kier molecular flexibility index (Phi) is 4.48. The molecule has 2 heteroatoms. The predicted molar refractivity (Wildman–Crippen MR) is 68.5 cm³/mol. The normalized spacial score (nSPS) is 14.7. The molecule has 0 aliphatic heterocycles. The Hall–Kier alpha value is -0.00623. The molecule has 0 rings (SSSR count). The number of hydrogen-bond acceptors (Lipinski definition) is 0. The smallest absolute Gasteiger partial charge is 0.129 e.